The molecular formula is C15H20N2O2S. The van der Waals surface area contributed by atoms with Crippen LogP contribution in [0.4, 0.5) is 0 Å². The summed E-state index contributed by atoms with van der Waals surface area (Å²) in [4.78, 5) is 5.68. The first kappa shape index (κ1) is 14.8. The molecule has 0 aliphatic heterocycles. The number of nitrogens with two attached hydrogens (primary N) is 1. The lowest BCUT2D eigenvalue weighted by atomic mass is 10.1. The number of benzene rings is 1. The molecule has 0 fully saturated rings. The van der Waals surface area contributed by atoms with Gasteiger partial charge in [-0.2, -0.15) is 0 Å². The maximum atomic E-state index is 5.87. The average Bonchev–Trinajstić information content (AvgIpc) is 2.75. The Kier molecular flexibility index (Phi) is 4.62. The van der Waals surface area contributed by atoms with Gasteiger partial charge in [0, 0.05) is 10.9 Å². The summed E-state index contributed by atoms with van der Waals surface area (Å²) in [7, 11) is 1.63. The summed E-state index contributed by atoms with van der Waals surface area (Å²) in [6.45, 7) is 6.46. The number of rotatable bonds is 5. The average molecular weight is 292 g/mol. The van der Waals surface area contributed by atoms with E-state index in [1.54, 1.807) is 18.4 Å². The van der Waals surface area contributed by atoms with Crippen LogP contribution in [0.2, 0.25) is 0 Å². The second-order valence-electron chi connectivity index (χ2n) is 4.74. The number of methoxy groups -OCH3 is 1. The minimum Gasteiger partial charge on any atom is -0.493 e. The third-order valence-electron chi connectivity index (χ3n) is 3.14. The Morgan fingerprint density at radius 2 is 2.05 bits per heavy atom. The number of hydrogen-bond acceptors (Lipinski definition) is 5. The highest BCUT2D eigenvalue weighted by Crippen LogP contribution is 2.30. The molecule has 1 unspecified atom stereocenters. The molecule has 0 radical (unpaired) electrons. The van der Waals surface area contributed by atoms with E-state index in [9.17, 15) is 0 Å². The molecule has 2 aromatic rings. The van der Waals surface area contributed by atoms with Gasteiger partial charge in [-0.05, 0) is 38.5 Å². The lowest BCUT2D eigenvalue weighted by molar-refractivity contribution is 0.283. The van der Waals surface area contributed by atoms with Gasteiger partial charge in [0.25, 0.3) is 0 Å². The van der Waals surface area contributed by atoms with Crippen molar-refractivity contribution in [3.63, 3.8) is 0 Å². The monoisotopic (exact) mass is 292 g/mol. The third-order valence-corrected chi connectivity index (χ3v) is 4.18. The predicted octanol–water partition coefficient (Wildman–Crippen LogP) is 3.37. The molecule has 2 N–H and O–H groups in total. The highest BCUT2D eigenvalue weighted by Gasteiger charge is 2.10. The largest absolute Gasteiger partial charge is 0.493 e. The molecule has 4 nitrogen and oxygen atoms in total. The van der Waals surface area contributed by atoms with Crippen LogP contribution in [-0.4, -0.2) is 12.1 Å². The Balaban J connectivity index is 2.12. The number of nitrogens with zero attached hydrogens (tertiary/aromatic N) is 1. The standard InChI is InChI=1S/C15H20N2O2S/c1-9(16)12-5-6-13(14(7-12)18-4)19-8-15-17-10(2)11(3)20-15/h5-7,9H,8,16H2,1-4H3. The first-order chi connectivity index (χ1) is 9.51. The minimum absolute atomic E-state index is 0.0257. The van der Waals surface area contributed by atoms with E-state index in [1.807, 2.05) is 32.0 Å². The van der Waals surface area contributed by atoms with E-state index in [0.717, 1.165) is 16.3 Å². The second-order valence-corrected chi connectivity index (χ2v) is 6.02. The molecule has 0 spiro atoms. The molecule has 0 saturated heterocycles. The van der Waals surface area contributed by atoms with Crippen molar-refractivity contribution in [3.05, 3.63) is 39.3 Å². The quantitative estimate of drug-likeness (QED) is 0.918. The van der Waals surface area contributed by atoms with Crippen molar-refractivity contribution in [2.75, 3.05) is 7.11 Å². The summed E-state index contributed by atoms with van der Waals surface area (Å²) in [5, 5.41) is 0.971. The zero-order valence-electron chi connectivity index (χ0n) is 12.3. The van der Waals surface area contributed by atoms with E-state index < -0.39 is 0 Å². The van der Waals surface area contributed by atoms with E-state index in [1.165, 1.54) is 4.88 Å². The zero-order valence-corrected chi connectivity index (χ0v) is 13.1. The second kappa shape index (κ2) is 6.24. The summed E-state index contributed by atoms with van der Waals surface area (Å²) < 4.78 is 11.2. The number of thiazole rings is 1. The molecule has 0 saturated carbocycles. The van der Waals surface area contributed by atoms with Crippen LogP contribution >= 0.6 is 11.3 Å². The summed E-state index contributed by atoms with van der Waals surface area (Å²) in [6.07, 6.45) is 0. The Bertz CT molecular complexity index is 574. The SMILES string of the molecule is COc1cc(C(C)N)ccc1OCc1nc(C)c(C)s1. The maximum Gasteiger partial charge on any atom is 0.161 e. The highest BCUT2D eigenvalue weighted by atomic mass is 32.1. The number of ether oxygens (including phenoxy) is 2. The molecular weight excluding hydrogens is 272 g/mol. The van der Waals surface area contributed by atoms with Gasteiger partial charge in [0.1, 0.15) is 11.6 Å². The fourth-order valence-corrected chi connectivity index (χ4v) is 2.67. The van der Waals surface area contributed by atoms with Crippen LogP contribution in [0.1, 0.15) is 34.1 Å². The van der Waals surface area contributed by atoms with E-state index in [4.69, 9.17) is 15.2 Å². The molecule has 20 heavy (non-hydrogen) atoms. The van der Waals surface area contributed by atoms with Gasteiger partial charge in [0.2, 0.25) is 0 Å². The number of aromatic nitrogens is 1. The van der Waals surface area contributed by atoms with Gasteiger partial charge in [-0.25, -0.2) is 4.98 Å². The Labute approximate surface area is 123 Å². The van der Waals surface area contributed by atoms with Crippen molar-refractivity contribution in [1.82, 2.24) is 4.98 Å². The summed E-state index contributed by atoms with van der Waals surface area (Å²) in [5.41, 5.74) is 7.95. The third kappa shape index (κ3) is 3.29. The lowest BCUT2D eigenvalue weighted by Crippen LogP contribution is -2.05. The molecule has 1 aromatic heterocycles. The summed E-state index contributed by atoms with van der Waals surface area (Å²) >= 11 is 1.66. The molecule has 1 aromatic carbocycles. The summed E-state index contributed by atoms with van der Waals surface area (Å²) in [5.74, 6) is 1.41. The Morgan fingerprint density at radius 3 is 2.60 bits per heavy atom. The van der Waals surface area contributed by atoms with Crippen LogP contribution in [0.5, 0.6) is 11.5 Å². The molecule has 0 amide bonds. The van der Waals surface area contributed by atoms with Crippen molar-refractivity contribution in [1.29, 1.82) is 0 Å². The number of aryl methyl sites for hydroxylation is 2. The highest BCUT2D eigenvalue weighted by molar-refractivity contribution is 7.11. The maximum absolute atomic E-state index is 5.87. The van der Waals surface area contributed by atoms with Gasteiger partial charge in [0.15, 0.2) is 11.5 Å². The molecule has 2 rings (SSSR count). The topological polar surface area (TPSA) is 57.4 Å². The van der Waals surface area contributed by atoms with Gasteiger partial charge in [-0.1, -0.05) is 6.07 Å². The molecule has 1 atom stereocenters. The first-order valence-electron chi connectivity index (χ1n) is 6.50. The van der Waals surface area contributed by atoms with Crippen molar-refractivity contribution in [2.24, 2.45) is 5.73 Å². The van der Waals surface area contributed by atoms with Crippen molar-refractivity contribution in [3.8, 4) is 11.5 Å². The van der Waals surface area contributed by atoms with E-state index in [0.29, 0.717) is 18.1 Å². The molecule has 1 heterocycles. The van der Waals surface area contributed by atoms with Crippen LogP contribution in [0.25, 0.3) is 0 Å². The van der Waals surface area contributed by atoms with Crippen molar-refractivity contribution in [2.45, 2.75) is 33.4 Å². The van der Waals surface area contributed by atoms with Crippen LogP contribution in [0.3, 0.4) is 0 Å². The molecule has 5 heteroatoms. The normalized spacial score (nSPS) is 12.2. The Hall–Kier alpha value is -1.59. The fraction of sp³-hybridized carbons (Fsp3) is 0.400. The first-order valence-corrected chi connectivity index (χ1v) is 7.32. The van der Waals surface area contributed by atoms with Gasteiger partial charge >= 0.3 is 0 Å². The minimum atomic E-state index is -0.0257. The molecule has 0 aliphatic rings. The van der Waals surface area contributed by atoms with E-state index in [-0.39, 0.29) is 6.04 Å². The molecule has 0 aliphatic carbocycles. The molecule has 0 bridgehead atoms. The van der Waals surface area contributed by atoms with Crippen LogP contribution in [-0.2, 0) is 6.61 Å². The van der Waals surface area contributed by atoms with E-state index >= 15 is 0 Å². The summed E-state index contributed by atoms with van der Waals surface area (Å²) in [6, 6.07) is 5.74. The van der Waals surface area contributed by atoms with Crippen molar-refractivity contribution >= 4 is 11.3 Å². The van der Waals surface area contributed by atoms with Crippen LogP contribution in [0.15, 0.2) is 18.2 Å². The lowest BCUT2D eigenvalue weighted by Gasteiger charge is -2.13. The van der Waals surface area contributed by atoms with E-state index in [2.05, 4.69) is 11.9 Å². The van der Waals surface area contributed by atoms with Crippen LogP contribution < -0.4 is 15.2 Å². The molecule has 108 valence electrons. The fourth-order valence-electron chi connectivity index (χ4n) is 1.83. The van der Waals surface area contributed by atoms with Crippen LogP contribution in [0, 0.1) is 13.8 Å². The smallest absolute Gasteiger partial charge is 0.161 e. The Morgan fingerprint density at radius 1 is 1.30 bits per heavy atom. The van der Waals surface area contributed by atoms with Crippen molar-refractivity contribution < 1.29 is 9.47 Å². The van der Waals surface area contributed by atoms with Gasteiger partial charge in [-0.3, -0.25) is 0 Å². The zero-order chi connectivity index (χ0) is 14.7. The predicted molar refractivity (Wildman–Crippen MR) is 81.5 cm³/mol. The van der Waals surface area contributed by atoms with Gasteiger partial charge in [0.05, 0.1) is 12.8 Å². The number of hydrogen-bond donors (Lipinski definition) is 1. The van der Waals surface area contributed by atoms with Gasteiger partial charge < -0.3 is 15.2 Å². The van der Waals surface area contributed by atoms with Gasteiger partial charge in [-0.15, -0.1) is 11.3 Å².